The van der Waals surface area contributed by atoms with Crippen molar-refractivity contribution in [2.24, 2.45) is 0 Å². The van der Waals surface area contributed by atoms with Gasteiger partial charge >= 0.3 is 0 Å². The Morgan fingerprint density at radius 3 is 1.25 bits per heavy atom. The summed E-state index contributed by atoms with van der Waals surface area (Å²) in [5.74, 6) is 0. The molecule has 0 bridgehead atoms. The normalized spacial score (nSPS) is 2.00. The summed E-state index contributed by atoms with van der Waals surface area (Å²) in [6, 6.07) is 0. The summed E-state index contributed by atoms with van der Waals surface area (Å²) >= 11 is 0. The van der Waals surface area contributed by atoms with Gasteiger partial charge in [0.15, 0.2) is 0 Å². The Morgan fingerprint density at radius 1 is 1.25 bits per heavy atom. The van der Waals surface area contributed by atoms with E-state index in [1.807, 2.05) is 0 Å². The minimum Gasteiger partial charge on any atom is -0.137 e. The molecule has 0 N–H and O–H groups in total. The zero-order valence-corrected chi connectivity index (χ0v) is 4.38. The Bertz CT molecular complexity index is 24.3. The number of hydrogen-bond donors (Lipinski definition) is 0. The standard InChI is InChI=1S/C3H4.Au/c1-3-2;/h1-2H2;. The number of hydrogen-bond acceptors (Lipinski definition) is 0. The van der Waals surface area contributed by atoms with Gasteiger partial charge in [0.05, 0.1) is 0 Å². The summed E-state index contributed by atoms with van der Waals surface area (Å²) in [5.41, 5.74) is 2.25. The molecule has 0 aliphatic heterocycles. The Labute approximate surface area is 41.7 Å². The Hall–Kier alpha value is 0.260. The van der Waals surface area contributed by atoms with E-state index in [1.165, 1.54) is 0 Å². The second-order valence-electron chi connectivity index (χ2n) is 0.250. The molecule has 1 heteroatoms. The van der Waals surface area contributed by atoms with E-state index in [-0.39, 0.29) is 22.4 Å². The third-order valence-electron chi connectivity index (χ3n) is 0. The van der Waals surface area contributed by atoms with E-state index in [0.717, 1.165) is 0 Å². The first-order valence-electron chi connectivity index (χ1n) is 0.707. The largest absolute Gasteiger partial charge is 0.137 e. The maximum Gasteiger partial charge on any atom is 0 e. The molecule has 0 aromatic heterocycles. The molecule has 0 amide bonds. The van der Waals surface area contributed by atoms with Crippen LogP contribution in [0.25, 0.3) is 0 Å². The molecule has 0 aromatic rings. The van der Waals surface area contributed by atoms with E-state index in [2.05, 4.69) is 18.9 Å². The van der Waals surface area contributed by atoms with Crippen molar-refractivity contribution in [3.63, 3.8) is 0 Å². The average molecular weight is 237 g/mol. The van der Waals surface area contributed by atoms with Gasteiger partial charge in [-0.2, -0.15) is 0 Å². The van der Waals surface area contributed by atoms with Crippen molar-refractivity contribution in [1.29, 1.82) is 0 Å². The van der Waals surface area contributed by atoms with Gasteiger partial charge in [-0.25, -0.2) is 0 Å². The zero-order valence-electron chi connectivity index (χ0n) is 2.22. The van der Waals surface area contributed by atoms with Gasteiger partial charge in [0.1, 0.15) is 0 Å². The van der Waals surface area contributed by atoms with E-state index in [4.69, 9.17) is 0 Å². The molecule has 0 aliphatic rings. The summed E-state index contributed by atoms with van der Waals surface area (Å²) in [6.07, 6.45) is 0. The first-order chi connectivity index (χ1) is 1.41. The Balaban J connectivity index is 0. The molecular formula is C3H4Au. The van der Waals surface area contributed by atoms with Crippen LogP contribution in [0.5, 0.6) is 0 Å². The van der Waals surface area contributed by atoms with Crippen molar-refractivity contribution in [3.8, 4) is 0 Å². The molecule has 0 nitrogen and oxygen atoms in total. The first-order valence-corrected chi connectivity index (χ1v) is 0.707. The fourth-order valence-corrected chi connectivity index (χ4v) is 0. The summed E-state index contributed by atoms with van der Waals surface area (Å²) in [6.45, 7) is 6.25. The van der Waals surface area contributed by atoms with Gasteiger partial charge in [0.25, 0.3) is 0 Å². The van der Waals surface area contributed by atoms with Crippen molar-refractivity contribution >= 4 is 0 Å². The third kappa shape index (κ3) is 53.0. The molecule has 0 spiro atoms. The fraction of sp³-hybridized carbons (Fsp3) is 0. The van der Waals surface area contributed by atoms with E-state index in [1.54, 1.807) is 0 Å². The minimum atomic E-state index is 0. The fourth-order valence-electron chi connectivity index (χ4n) is 0. The van der Waals surface area contributed by atoms with Crippen LogP contribution in [0.4, 0.5) is 0 Å². The molecule has 0 saturated carbocycles. The Morgan fingerprint density at radius 2 is 1.25 bits per heavy atom. The monoisotopic (exact) mass is 237 g/mol. The predicted octanol–water partition coefficient (Wildman–Crippen LogP) is 0.955. The molecule has 4 heavy (non-hydrogen) atoms. The second-order valence-corrected chi connectivity index (χ2v) is 0.250. The van der Waals surface area contributed by atoms with E-state index < -0.39 is 0 Å². The van der Waals surface area contributed by atoms with Crippen LogP contribution >= 0.6 is 0 Å². The molecule has 0 aliphatic carbocycles. The third-order valence-corrected chi connectivity index (χ3v) is 0. The maximum absolute atomic E-state index is 3.12. The molecular weight excluding hydrogens is 233 g/mol. The van der Waals surface area contributed by atoms with E-state index in [9.17, 15) is 0 Å². The first kappa shape index (κ1) is 8.86. The summed E-state index contributed by atoms with van der Waals surface area (Å²) in [7, 11) is 0. The smallest absolute Gasteiger partial charge is 0 e. The van der Waals surface area contributed by atoms with Crippen LogP contribution in [-0.4, -0.2) is 0 Å². The topological polar surface area (TPSA) is 0 Å². The Kier molecular flexibility index (Phi) is 23.2. The average Bonchev–Trinajstić information content (AvgIpc) is 0.918. The maximum atomic E-state index is 3.12. The van der Waals surface area contributed by atoms with Crippen molar-refractivity contribution in [2.75, 3.05) is 0 Å². The van der Waals surface area contributed by atoms with Gasteiger partial charge in [-0.1, -0.05) is 13.2 Å². The molecule has 0 saturated heterocycles. The molecule has 0 atom stereocenters. The van der Waals surface area contributed by atoms with E-state index in [0.29, 0.717) is 0 Å². The van der Waals surface area contributed by atoms with Crippen LogP contribution in [0.1, 0.15) is 0 Å². The van der Waals surface area contributed by atoms with Crippen molar-refractivity contribution < 1.29 is 22.4 Å². The van der Waals surface area contributed by atoms with E-state index >= 15 is 0 Å². The summed E-state index contributed by atoms with van der Waals surface area (Å²) < 4.78 is 0. The van der Waals surface area contributed by atoms with Gasteiger partial charge in [-0.15, -0.1) is 5.73 Å². The van der Waals surface area contributed by atoms with Crippen LogP contribution in [0.15, 0.2) is 18.9 Å². The quantitative estimate of drug-likeness (QED) is 0.434. The molecule has 1 radical (unpaired) electrons. The molecule has 0 fully saturated rings. The van der Waals surface area contributed by atoms with Gasteiger partial charge in [0.2, 0.25) is 0 Å². The number of rotatable bonds is 0. The van der Waals surface area contributed by atoms with Crippen molar-refractivity contribution in [2.45, 2.75) is 0 Å². The van der Waals surface area contributed by atoms with Crippen LogP contribution in [0, 0.1) is 0 Å². The van der Waals surface area contributed by atoms with Crippen LogP contribution in [0.3, 0.4) is 0 Å². The zero-order chi connectivity index (χ0) is 2.71. The van der Waals surface area contributed by atoms with Crippen LogP contribution in [0.2, 0.25) is 0 Å². The van der Waals surface area contributed by atoms with Gasteiger partial charge in [-0.05, 0) is 0 Å². The summed E-state index contributed by atoms with van der Waals surface area (Å²) in [5, 5.41) is 0. The summed E-state index contributed by atoms with van der Waals surface area (Å²) in [4.78, 5) is 0. The van der Waals surface area contributed by atoms with Gasteiger partial charge in [0, 0.05) is 22.4 Å². The molecule has 0 rings (SSSR count). The SMILES string of the molecule is C=C=C.[Au]. The van der Waals surface area contributed by atoms with Gasteiger partial charge in [-0.3, -0.25) is 0 Å². The molecule has 0 heterocycles. The molecule has 0 aromatic carbocycles. The van der Waals surface area contributed by atoms with Crippen molar-refractivity contribution in [3.05, 3.63) is 18.9 Å². The van der Waals surface area contributed by atoms with Crippen LogP contribution in [-0.2, 0) is 22.4 Å². The second kappa shape index (κ2) is 10.5. The van der Waals surface area contributed by atoms with Crippen LogP contribution < -0.4 is 0 Å². The van der Waals surface area contributed by atoms with Crippen molar-refractivity contribution in [1.82, 2.24) is 0 Å². The predicted molar refractivity (Wildman–Crippen MR) is 14.8 cm³/mol. The van der Waals surface area contributed by atoms with Gasteiger partial charge < -0.3 is 0 Å². The minimum absolute atomic E-state index is 0. The molecule has 0 unspecified atom stereocenters. The molecule has 27 valence electrons.